The van der Waals surface area contributed by atoms with Gasteiger partial charge in [-0.1, -0.05) is 13.8 Å². The first-order chi connectivity index (χ1) is 9.43. The molecule has 0 bridgehead atoms. The van der Waals surface area contributed by atoms with E-state index < -0.39 is 23.8 Å². The average Bonchev–Trinajstić information content (AvgIpc) is 2.46. The number of barbiturate groups is 1. The van der Waals surface area contributed by atoms with Crippen molar-refractivity contribution in [3.8, 4) is 0 Å². The van der Waals surface area contributed by atoms with Gasteiger partial charge in [0, 0.05) is 26.9 Å². The molecule has 20 heavy (non-hydrogen) atoms. The molecule has 0 N–H and O–H groups in total. The number of amides is 4. The van der Waals surface area contributed by atoms with Crippen LogP contribution in [-0.4, -0.2) is 79.0 Å². The second-order valence-electron chi connectivity index (χ2n) is 4.64. The summed E-state index contributed by atoms with van der Waals surface area (Å²) in [7, 11) is 2.73. The molecule has 7 nitrogen and oxygen atoms in total. The van der Waals surface area contributed by atoms with Gasteiger partial charge in [0.2, 0.25) is 11.8 Å². The molecule has 1 saturated heterocycles. The smallest absolute Gasteiger partial charge is 0.302 e. The number of carbonyl (C=O) groups is 3. The van der Waals surface area contributed by atoms with Crippen LogP contribution in [0.3, 0.4) is 0 Å². The van der Waals surface area contributed by atoms with E-state index in [-0.39, 0.29) is 0 Å². The molecular formula is C13H22N4O3. The van der Waals surface area contributed by atoms with Crippen molar-refractivity contribution in [3.05, 3.63) is 0 Å². The molecule has 1 aliphatic rings. The van der Waals surface area contributed by atoms with Crippen LogP contribution in [0.2, 0.25) is 0 Å². The van der Waals surface area contributed by atoms with Crippen LogP contribution in [0.5, 0.6) is 0 Å². The number of carbonyl (C=O) groups excluding carboxylic acids is 3. The third-order valence-electron chi connectivity index (χ3n) is 3.46. The Kier molecular flexibility index (Phi) is 5.82. The number of aliphatic imine (C=N–C) groups is 1. The van der Waals surface area contributed by atoms with E-state index in [1.54, 1.807) is 0 Å². The predicted molar refractivity (Wildman–Crippen MR) is 75.6 cm³/mol. The summed E-state index contributed by atoms with van der Waals surface area (Å²) >= 11 is 0. The molecule has 112 valence electrons. The molecule has 0 aromatic heterocycles. The molecule has 4 amide bonds. The highest BCUT2D eigenvalue weighted by Gasteiger charge is 2.41. The Balaban J connectivity index is 2.64. The molecule has 0 aromatic rings. The molecule has 0 saturated carbocycles. The fraction of sp³-hybridized carbons (Fsp3) is 0.692. The Bertz CT molecular complexity index is 394. The number of hydrogen-bond acceptors (Lipinski definition) is 5. The minimum atomic E-state index is -0.987. The summed E-state index contributed by atoms with van der Waals surface area (Å²) in [5, 5.41) is 0. The zero-order chi connectivity index (χ0) is 15.3. The van der Waals surface area contributed by atoms with E-state index in [1.165, 1.54) is 20.3 Å². The Morgan fingerprint density at radius 1 is 1.10 bits per heavy atom. The quantitative estimate of drug-likeness (QED) is 0.510. The second-order valence-corrected chi connectivity index (χ2v) is 4.64. The molecule has 1 aliphatic heterocycles. The maximum atomic E-state index is 11.9. The molecule has 0 spiro atoms. The van der Waals surface area contributed by atoms with Crippen molar-refractivity contribution in [1.29, 1.82) is 0 Å². The van der Waals surface area contributed by atoms with E-state index in [4.69, 9.17) is 0 Å². The lowest BCUT2D eigenvalue weighted by atomic mass is 10.1. The van der Waals surface area contributed by atoms with Crippen LogP contribution in [-0.2, 0) is 9.59 Å². The number of nitrogens with zero attached hydrogens (tertiary/aromatic N) is 4. The summed E-state index contributed by atoms with van der Waals surface area (Å²) in [5.41, 5.74) is 0. The van der Waals surface area contributed by atoms with Crippen LogP contribution in [0, 0.1) is 5.92 Å². The van der Waals surface area contributed by atoms with Gasteiger partial charge in [-0.15, -0.1) is 0 Å². The summed E-state index contributed by atoms with van der Waals surface area (Å²) in [4.78, 5) is 43.6. The lowest BCUT2D eigenvalue weighted by Gasteiger charge is -2.31. The van der Waals surface area contributed by atoms with Crippen molar-refractivity contribution < 1.29 is 14.4 Å². The first kappa shape index (κ1) is 16.3. The van der Waals surface area contributed by atoms with E-state index in [0.29, 0.717) is 6.54 Å². The van der Waals surface area contributed by atoms with Crippen LogP contribution in [0.25, 0.3) is 0 Å². The predicted octanol–water partition coefficient (Wildman–Crippen LogP) is 0.0656. The van der Waals surface area contributed by atoms with Gasteiger partial charge in [-0.05, 0) is 13.1 Å². The van der Waals surface area contributed by atoms with Crippen molar-refractivity contribution >= 4 is 24.1 Å². The van der Waals surface area contributed by atoms with E-state index in [9.17, 15) is 14.4 Å². The molecule has 0 radical (unpaired) electrons. The Morgan fingerprint density at radius 3 is 2.05 bits per heavy atom. The SMILES string of the molecule is CCN(CC)CCN=CC1C(=O)N(C)C(=O)N(C)C1=O. The van der Waals surface area contributed by atoms with Gasteiger partial charge < -0.3 is 4.90 Å². The molecule has 0 aromatic carbocycles. The first-order valence-corrected chi connectivity index (χ1v) is 6.75. The van der Waals surface area contributed by atoms with Crippen LogP contribution >= 0.6 is 0 Å². The fourth-order valence-electron chi connectivity index (χ4n) is 1.98. The number of likely N-dealkylation sites (N-methyl/N-ethyl adjacent to an activating group) is 1. The van der Waals surface area contributed by atoms with E-state index >= 15 is 0 Å². The number of urea groups is 1. The molecule has 0 atom stereocenters. The van der Waals surface area contributed by atoms with Gasteiger partial charge in [-0.3, -0.25) is 24.4 Å². The summed E-state index contributed by atoms with van der Waals surface area (Å²) < 4.78 is 0. The van der Waals surface area contributed by atoms with Crippen molar-refractivity contribution in [2.45, 2.75) is 13.8 Å². The third-order valence-corrected chi connectivity index (χ3v) is 3.46. The number of hydrogen-bond donors (Lipinski definition) is 0. The summed E-state index contributed by atoms with van der Waals surface area (Å²) in [6.07, 6.45) is 1.35. The highest BCUT2D eigenvalue weighted by molar-refractivity contribution is 6.23. The fourth-order valence-corrected chi connectivity index (χ4v) is 1.98. The maximum absolute atomic E-state index is 11.9. The lowest BCUT2D eigenvalue weighted by molar-refractivity contribution is -0.144. The standard InChI is InChI=1S/C13H22N4O3/c1-5-17(6-2)8-7-14-9-10-11(18)15(3)13(20)16(4)12(10)19/h9-10H,5-8H2,1-4H3. The Labute approximate surface area is 119 Å². The molecule has 1 rings (SSSR count). The van der Waals surface area contributed by atoms with Gasteiger partial charge in [-0.25, -0.2) is 4.79 Å². The third kappa shape index (κ3) is 3.41. The molecule has 1 heterocycles. The summed E-state index contributed by atoms with van der Waals surface area (Å²) in [6.45, 7) is 7.32. The van der Waals surface area contributed by atoms with Gasteiger partial charge in [-0.2, -0.15) is 0 Å². The first-order valence-electron chi connectivity index (χ1n) is 6.75. The van der Waals surface area contributed by atoms with Crippen LogP contribution in [0.4, 0.5) is 4.79 Å². The minimum Gasteiger partial charge on any atom is -0.302 e. The van der Waals surface area contributed by atoms with Gasteiger partial charge in [0.05, 0.1) is 6.54 Å². The Hall–Kier alpha value is -1.76. The molecule has 0 unspecified atom stereocenters. The lowest BCUT2D eigenvalue weighted by Crippen LogP contribution is -2.57. The normalized spacial score (nSPS) is 17.9. The highest BCUT2D eigenvalue weighted by Crippen LogP contribution is 2.13. The van der Waals surface area contributed by atoms with E-state index in [2.05, 4.69) is 23.7 Å². The van der Waals surface area contributed by atoms with Crippen molar-refractivity contribution in [1.82, 2.24) is 14.7 Å². The van der Waals surface area contributed by atoms with Gasteiger partial charge in [0.1, 0.15) is 0 Å². The van der Waals surface area contributed by atoms with Crippen molar-refractivity contribution in [3.63, 3.8) is 0 Å². The zero-order valence-electron chi connectivity index (χ0n) is 12.5. The zero-order valence-corrected chi connectivity index (χ0v) is 12.5. The van der Waals surface area contributed by atoms with Crippen LogP contribution in [0.1, 0.15) is 13.8 Å². The van der Waals surface area contributed by atoms with Crippen LogP contribution < -0.4 is 0 Å². The highest BCUT2D eigenvalue weighted by atomic mass is 16.2. The van der Waals surface area contributed by atoms with Gasteiger partial charge in [0.25, 0.3) is 0 Å². The van der Waals surface area contributed by atoms with Gasteiger partial charge >= 0.3 is 6.03 Å². The van der Waals surface area contributed by atoms with Crippen molar-refractivity contribution in [2.24, 2.45) is 10.9 Å². The average molecular weight is 282 g/mol. The van der Waals surface area contributed by atoms with Crippen LogP contribution in [0.15, 0.2) is 4.99 Å². The molecular weight excluding hydrogens is 260 g/mol. The summed E-state index contributed by atoms with van der Waals surface area (Å²) in [5.74, 6) is -2.03. The second kappa shape index (κ2) is 7.14. The maximum Gasteiger partial charge on any atom is 0.332 e. The molecule has 1 fully saturated rings. The number of imide groups is 2. The van der Waals surface area contributed by atoms with E-state index in [0.717, 1.165) is 29.4 Å². The topological polar surface area (TPSA) is 73.3 Å². The molecule has 0 aliphatic carbocycles. The van der Waals surface area contributed by atoms with E-state index in [1.807, 2.05) is 0 Å². The monoisotopic (exact) mass is 282 g/mol. The minimum absolute atomic E-state index is 0.523. The summed E-state index contributed by atoms with van der Waals surface area (Å²) in [6, 6.07) is -0.604. The molecule has 7 heteroatoms. The van der Waals surface area contributed by atoms with Gasteiger partial charge in [0.15, 0.2) is 5.92 Å². The van der Waals surface area contributed by atoms with Crippen molar-refractivity contribution in [2.75, 3.05) is 40.3 Å². The Morgan fingerprint density at radius 2 is 1.60 bits per heavy atom. The largest absolute Gasteiger partial charge is 0.332 e. The number of rotatable bonds is 6.